The lowest BCUT2D eigenvalue weighted by Crippen LogP contribution is -2.22. The van der Waals surface area contributed by atoms with E-state index in [2.05, 4.69) is 0 Å². The van der Waals surface area contributed by atoms with E-state index in [1.807, 2.05) is 0 Å². The Morgan fingerprint density at radius 2 is 1.75 bits per heavy atom. The van der Waals surface area contributed by atoms with Gasteiger partial charge < -0.3 is 15.6 Å². The quantitative estimate of drug-likeness (QED) is 0.752. The van der Waals surface area contributed by atoms with E-state index in [1.165, 1.54) is 25.1 Å². The molecule has 0 fully saturated rings. The largest absolute Gasteiger partial charge is 0.483 e. The van der Waals surface area contributed by atoms with E-state index in [9.17, 15) is 19.5 Å². The zero-order chi connectivity index (χ0) is 17.7. The van der Waals surface area contributed by atoms with Crippen molar-refractivity contribution in [1.29, 1.82) is 0 Å². The summed E-state index contributed by atoms with van der Waals surface area (Å²) in [5.41, 5.74) is 5.49. The highest BCUT2D eigenvalue weighted by atomic mass is 16.5. The Kier molecular flexibility index (Phi) is 5.44. The first-order valence-corrected chi connectivity index (χ1v) is 7.24. The number of benzene rings is 2. The molecule has 24 heavy (non-hydrogen) atoms. The Morgan fingerprint density at radius 1 is 1.08 bits per heavy atom. The number of primary amides is 1. The van der Waals surface area contributed by atoms with Gasteiger partial charge in [0.1, 0.15) is 11.9 Å². The molecule has 1 atom stereocenters. The minimum atomic E-state index is -1.41. The maximum atomic E-state index is 12.6. The van der Waals surface area contributed by atoms with Crippen molar-refractivity contribution < 1.29 is 24.2 Å². The van der Waals surface area contributed by atoms with Gasteiger partial charge in [-0.25, -0.2) is 0 Å². The summed E-state index contributed by atoms with van der Waals surface area (Å²) < 4.78 is 5.21. The van der Waals surface area contributed by atoms with Gasteiger partial charge in [0.05, 0.1) is 5.56 Å². The van der Waals surface area contributed by atoms with Gasteiger partial charge in [0, 0.05) is 5.56 Å². The van der Waals surface area contributed by atoms with Crippen LogP contribution in [0.1, 0.15) is 39.3 Å². The number of hydrogen-bond acceptors (Lipinski definition) is 5. The fourth-order valence-corrected chi connectivity index (χ4v) is 2.30. The topological polar surface area (TPSA) is 107 Å². The monoisotopic (exact) mass is 327 g/mol. The van der Waals surface area contributed by atoms with Gasteiger partial charge in [-0.1, -0.05) is 42.5 Å². The van der Waals surface area contributed by atoms with Gasteiger partial charge >= 0.3 is 0 Å². The van der Waals surface area contributed by atoms with Gasteiger partial charge in [0.25, 0.3) is 5.91 Å². The van der Waals surface area contributed by atoms with E-state index in [0.29, 0.717) is 5.56 Å². The lowest BCUT2D eigenvalue weighted by Gasteiger charge is -2.15. The molecular formula is C18H17NO5. The van der Waals surface area contributed by atoms with Crippen LogP contribution >= 0.6 is 0 Å². The highest BCUT2D eigenvalue weighted by molar-refractivity contribution is 6.11. The second-order valence-corrected chi connectivity index (χ2v) is 5.17. The summed E-state index contributed by atoms with van der Waals surface area (Å²) in [6.45, 7) is 0.858. The van der Waals surface area contributed by atoms with E-state index in [4.69, 9.17) is 10.5 Å². The van der Waals surface area contributed by atoms with Crippen LogP contribution in [0, 0.1) is 0 Å². The molecule has 0 saturated carbocycles. The number of nitrogens with two attached hydrogens (primary N) is 1. The summed E-state index contributed by atoms with van der Waals surface area (Å²) in [4.78, 5) is 35.4. The third-order valence-corrected chi connectivity index (χ3v) is 3.38. The van der Waals surface area contributed by atoms with E-state index >= 15 is 0 Å². The third-order valence-electron chi connectivity index (χ3n) is 3.38. The predicted octanol–water partition coefficient (Wildman–Crippen LogP) is 1.67. The van der Waals surface area contributed by atoms with Crippen LogP contribution in [0.3, 0.4) is 0 Å². The molecule has 0 aliphatic rings. The molecule has 2 aromatic carbocycles. The molecule has 2 aromatic rings. The number of carbonyl (C=O) groups is 3. The number of hydrogen-bond donors (Lipinski definition) is 2. The van der Waals surface area contributed by atoms with Crippen molar-refractivity contribution in [1.82, 2.24) is 0 Å². The van der Waals surface area contributed by atoms with Crippen LogP contribution < -0.4 is 10.5 Å². The predicted molar refractivity (Wildman–Crippen MR) is 86.9 cm³/mol. The Balaban J connectivity index is 2.42. The van der Waals surface area contributed by atoms with Gasteiger partial charge in [-0.05, 0) is 18.6 Å². The number of aliphatic hydroxyl groups is 1. The van der Waals surface area contributed by atoms with Crippen LogP contribution in [0.4, 0.5) is 0 Å². The van der Waals surface area contributed by atoms with Crippen LogP contribution in [0.2, 0.25) is 0 Å². The number of Topliss-reactive ketones (excluding diaryl/α,β-unsaturated/α-hetero) is 2. The Labute approximate surface area is 138 Å². The average molecular weight is 327 g/mol. The Bertz CT molecular complexity index is 770. The molecule has 3 N–H and O–H groups in total. The number of amides is 1. The molecule has 1 amide bonds. The first-order valence-electron chi connectivity index (χ1n) is 7.24. The number of aliphatic hydroxyl groups excluding tert-OH is 1. The highest BCUT2D eigenvalue weighted by Gasteiger charge is 2.25. The van der Waals surface area contributed by atoms with Gasteiger partial charge in [-0.2, -0.15) is 0 Å². The van der Waals surface area contributed by atoms with Crippen molar-refractivity contribution in [2.75, 3.05) is 6.61 Å². The Morgan fingerprint density at radius 3 is 2.33 bits per heavy atom. The standard InChI is InChI=1S/C18H17NO5/c1-11(20)16-13(8-5-9-14(16)24-10-15(19)21)18(23)17(22)12-6-3-2-4-7-12/h2-9,17,22H,10H2,1H3,(H2,19,21). The van der Waals surface area contributed by atoms with Crippen molar-refractivity contribution >= 4 is 17.5 Å². The zero-order valence-corrected chi connectivity index (χ0v) is 13.1. The smallest absolute Gasteiger partial charge is 0.255 e. The number of ether oxygens (including phenoxy) is 1. The minimum absolute atomic E-state index is 0.0127. The van der Waals surface area contributed by atoms with Crippen molar-refractivity contribution in [3.8, 4) is 5.75 Å². The summed E-state index contributed by atoms with van der Waals surface area (Å²) in [6, 6.07) is 12.8. The minimum Gasteiger partial charge on any atom is -0.483 e. The van der Waals surface area contributed by atoms with Crippen LogP contribution in [0.5, 0.6) is 5.75 Å². The third kappa shape index (κ3) is 3.85. The summed E-state index contributed by atoms with van der Waals surface area (Å²) in [5, 5.41) is 10.3. The van der Waals surface area contributed by atoms with Crippen LogP contribution in [0.15, 0.2) is 48.5 Å². The normalized spacial score (nSPS) is 11.6. The van der Waals surface area contributed by atoms with Gasteiger partial charge in [0.2, 0.25) is 0 Å². The second kappa shape index (κ2) is 7.52. The SMILES string of the molecule is CC(=O)c1c(OCC(N)=O)cccc1C(=O)C(O)c1ccccc1. The van der Waals surface area contributed by atoms with Crippen molar-refractivity contribution in [2.24, 2.45) is 5.73 Å². The van der Waals surface area contributed by atoms with Gasteiger partial charge in [0.15, 0.2) is 18.2 Å². The molecule has 1 unspecified atom stereocenters. The zero-order valence-electron chi connectivity index (χ0n) is 13.1. The van der Waals surface area contributed by atoms with Crippen LogP contribution in [-0.4, -0.2) is 29.2 Å². The van der Waals surface area contributed by atoms with Crippen molar-refractivity contribution in [2.45, 2.75) is 13.0 Å². The molecular weight excluding hydrogens is 310 g/mol. The number of ketones is 2. The van der Waals surface area contributed by atoms with Crippen molar-refractivity contribution in [3.05, 3.63) is 65.2 Å². The molecule has 0 aliphatic heterocycles. The lowest BCUT2D eigenvalue weighted by molar-refractivity contribution is -0.119. The summed E-state index contributed by atoms with van der Waals surface area (Å²) in [5.74, 6) is -1.67. The highest BCUT2D eigenvalue weighted by Crippen LogP contribution is 2.27. The van der Waals surface area contributed by atoms with E-state index in [1.54, 1.807) is 30.3 Å². The summed E-state index contributed by atoms with van der Waals surface area (Å²) >= 11 is 0. The maximum absolute atomic E-state index is 12.6. The first-order chi connectivity index (χ1) is 11.4. The molecule has 0 bridgehead atoms. The first kappa shape index (κ1) is 17.4. The van der Waals surface area contributed by atoms with Gasteiger partial charge in [-0.15, -0.1) is 0 Å². The van der Waals surface area contributed by atoms with Crippen LogP contribution in [0.25, 0.3) is 0 Å². The fourth-order valence-electron chi connectivity index (χ4n) is 2.30. The summed E-state index contributed by atoms with van der Waals surface area (Å²) in [7, 11) is 0. The molecule has 6 nitrogen and oxygen atoms in total. The number of carbonyl (C=O) groups excluding carboxylic acids is 3. The number of rotatable bonds is 7. The molecule has 0 spiro atoms. The molecule has 2 rings (SSSR count). The van der Waals surface area contributed by atoms with Gasteiger partial charge in [-0.3, -0.25) is 14.4 Å². The molecule has 0 saturated heterocycles. The molecule has 124 valence electrons. The van der Waals surface area contributed by atoms with Crippen molar-refractivity contribution in [3.63, 3.8) is 0 Å². The molecule has 0 heterocycles. The molecule has 0 radical (unpaired) electrons. The average Bonchev–Trinajstić information content (AvgIpc) is 2.58. The lowest BCUT2D eigenvalue weighted by atomic mass is 9.94. The fraction of sp³-hybridized carbons (Fsp3) is 0.167. The second-order valence-electron chi connectivity index (χ2n) is 5.17. The van der Waals surface area contributed by atoms with Crippen LogP contribution in [-0.2, 0) is 4.79 Å². The Hall–Kier alpha value is -2.99. The molecule has 0 aromatic heterocycles. The maximum Gasteiger partial charge on any atom is 0.255 e. The van der Waals surface area contributed by atoms with E-state index < -0.39 is 30.2 Å². The van der Waals surface area contributed by atoms with E-state index in [-0.39, 0.29) is 16.9 Å². The molecule has 6 heteroatoms. The summed E-state index contributed by atoms with van der Waals surface area (Å²) in [6.07, 6.45) is -1.41. The molecule has 0 aliphatic carbocycles. The van der Waals surface area contributed by atoms with E-state index in [0.717, 1.165) is 0 Å².